The number of hydrogen-bond donors (Lipinski definition) is 0. The molecule has 0 unspecified atom stereocenters. The van der Waals surface area contributed by atoms with Gasteiger partial charge in [-0.1, -0.05) is 285 Å². The lowest BCUT2D eigenvalue weighted by Crippen LogP contribution is -2.10. The minimum atomic E-state index is -0.311. The lowest BCUT2D eigenvalue weighted by molar-refractivity contribution is 0.0498. The Morgan fingerprint density at radius 3 is 0.797 bits per heavy atom. The molecule has 0 amide bonds. The van der Waals surface area contributed by atoms with Crippen LogP contribution in [0.5, 0.6) is 17.2 Å². The Hall–Kier alpha value is -1.91. The van der Waals surface area contributed by atoms with Crippen LogP contribution in [0.3, 0.4) is 0 Å². The largest absolute Gasteiger partial charge is 0.490 e. The quantitative estimate of drug-likeness (QED) is 0.0482. The van der Waals surface area contributed by atoms with Gasteiger partial charge in [0.15, 0.2) is 11.5 Å². The Balaban J connectivity index is 2.68. The van der Waals surface area contributed by atoms with Crippen molar-refractivity contribution in [1.29, 1.82) is 0 Å². The van der Waals surface area contributed by atoms with Crippen molar-refractivity contribution in [3.63, 3.8) is 0 Å². The predicted molar refractivity (Wildman–Crippen MR) is 279 cm³/mol. The molecule has 376 valence electrons. The van der Waals surface area contributed by atoms with Gasteiger partial charge in [-0.15, -0.1) is 0 Å². The van der Waals surface area contributed by atoms with Gasteiger partial charge in [0.05, 0.1) is 32.0 Å². The molecule has 0 aliphatic rings. The highest BCUT2D eigenvalue weighted by Crippen LogP contribution is 2.40. The van der Waals surface area contributed by atoms with Crippen molar-refractivity contribution in [3.05, 3.63) is 17.7 Å². The molecule has 0 aromatic heterocycles. The monoisotopic (exact) mass is 899 g/mol. The number of ether oxygens (including phenoxy) is 4. The summed E-state index contributed by atoms with van der Waals surface area (Å²) in [6.07, 6.45) is 57.8. The standard InChI is InChI=1S/C59H110O5/c1-5-9-13-16-19-22-25-28-31-34-37-40-43-46-50-61-56-53-55(59(60)64-49-12-8-4)54-57(62-51-47-44-41-38-35-32-29-26-23-20-17-14-10-6-2)58(56)63-52-48-45-42-39-36-33-30-27-24-21-18-15-11-7-3/h53-54H,5-52H2,1-4H3. The molecule has 0 heterocycles. The summed E-state index contributed by atoms with van der Waals surface area (Å²) in [6, 6.07) is 3.69. The molecule has 5 heteroatoms. The number of rotatable bonds is 52. The summed E-state index contributed by atoms with van der Waals surface area (Å²) in [5, 5.41) is 0. The lowest BCUT2D eigenvalue weighted by Gasteiger charge is -2.19. The van der Waals surface area contributed by atoms with E-state index in [1.54, 1.807) is 0 Å². The van der Waals surface area contributed by atoms with E-state index in [1.807, 2.05) is 12.1 Å². The summed E-state index contributed by atoms with van der Waals surface area (Å²) in [4.78, 5) is 13.3. The molecule has 0 saturated heterocycles. The van der Waals surface area contributed by atoms with E-state index in [1.165, 1.54) is 238 Å². The van der Waals surface area contributed by atoms with Gasteiger partial charge < -0.3 is 18.9 Å². The maximum Gasteiger partial charge on any atom is 0.338 e. The molecule has 1 aromatic rings. The van der Waals surface area contributed by atoms with Crippen LogP contribution in [-0.4, -0.2) is 32.4 Å². The third-order valence-electron chi connectivity index (χ3n) is 13.2. The predicted octanol–water partition coefficient (Wildman–Crippen LogP) is 20.2. The van der Waals surface area contributed by atoms with Crippen molar-refractivity contribution in [2.45, 2.75) is 310 Å². The zero-order valence-corrected chi connectivity index (χ0v) is 43.6. The topological polar surface area (TPSA) is 54.0 Å². The molecule has 0 N–H and O–H groups in total. The van der Waals surface area contributed by atoms with Crippen LogP contribution in [0.1, 0.15) is 321 Å². The summed E-state index contributed by atoms with van der Waals surface area (Å²) in [6.45, 7) is 11.3. The highest BCUT2D eigenvalue weighted by atomic mass is 16.5. The first-order valence-electron chi connectivity index (χ1n) is 28.9. The van der Waals surface area contributed by atoms with E-state index in [2.05, 4.69) is 27.7 Å². The van der Waals surface area contributed by atoms with E-state index in [9.17, 15) is 4.79 Å². The van der Waals surface area contributed by atoms with Crippen molar-refractivity contribution in [3.8, 4) is 17.2 Å². The van der Waals surface area contributed by atoms with Crippen LogP contribution >= 0.6 is 0 Å². The summed E-state index contributed by atoms with van der Waals surface area (Å²) in [7, 11) is 0. The van der Waals surface area contributed by atoms with E-state index in [0.717, 1.165) is 44.9 Å². The van der Waals surface area contributed by atoms with Gasteiger partial charge in [0, 0.05) is 0 Å². The minimum Gasteiger partial charge on any atom is -0.490 e. The van der Waals surface area contributed by atoms with Crippen LogP contribution < -0.4 is 14.2 Å². The maximum absolute atomic E-state index is 13.3. The molecule has 0 aliphatic carbocycles. The first-order valence-corrected chi connectivity index (χ1v) is 28.9. The highest BCUT2D eigenvalue weighted by molar-refractivity contribution is 5.91. The van der Waals surface area contributed by atoms with E-state index >= 15 is 0 Å². The summed E-state index contributed by atoms with van der Waals surface area (Å²) < 4.78 is 25.2. The van der Waals surface area contributed by atoms with Crippen LogP contribution in [0, 0.1) is 0 Å². The normalized spacial score (nSPS) is 11.4. The number of carbonyl (C=O) groups excluding carboxylic acids is 1. The van der Waals surface area contributed by atoms with Gasteiger partial charge in [-0.25, -0.2) is 4.79 Å². The molecule has 0 fully saturated rings. The molecular formula is C59H110O5. The molecule has 64 heavy (non-hydrogen) atoms. The lowest BCUT2D eigenvalue weighted by atomic mass is 10.0. The zero-order chi connectivity index (χ0) is 46.1. The average Bonchev–Trinajstić information content (AvgIpc) is 3.30. The van der Waals surface area contributed by atoms with Crippen LogP contribution in [0.15, 0.2) is 12.1 Å². The summed E-state index contributed by atoms with van der Waals surface area (Å²) in [5.74, 6) is 1.60. The second kappa shape index (κ2) is 49.0. The SMILES string of the molecule is CCCCCCCCCCCCCCCCOc1cc(C(=O)OCCCC)cc(OCCCCCCCCCCCCCCCC)c1OCCCCCCCCCCCCCCCC. The fourth-order valence-corrected chi connectivity index (χ4v) is 8.87. The third-order valence-corrected chi connectivity index (χ3v) is 13.2. The van der Waals surface area contributed by atoms with E-state index in [-0.39, 0.29) is 5.97 Å². The van der Waals surface area contributed by atoms with Gasteiger partial charge in [0.25, 0.3) is 0 Å². The van der Waals surface area contributed by atoms with Gasteiger partial charge in [0.2, 0.25) is 5.75 Å². The Morgan fingerprint density at radius 2 is 0.531 bits per heavy atom. The molecule has 0 bridgehead atoms. The van der Waals surface area contributed by atoms with Crippen molar-refractivity contribution < 1.29 is 23.7 Å². The molecule has 0 spiro atoms. The number of hydrogen-bond acceptors (Lipinski definition) is 5. The first-order chi connectivity index (χ1) is 31.7. The Bertz CT molecular complexity index is 1050. The molecule has 0 radical (unpaired) electrons. The number of benzene rings is 1. The third kappa shape index (κ3) is 38.2. The smallest absolute Gasteiger partial charge is 0.338 e. The highest BCUT2D eigenvalue weighted by Gasteiger charge is 2.20. The Labute approximate surface area is 399 Å². The molecular weight excluding hydrogens is 789 g/mol. The molecule has 1 aromatic carbocycles. The summed E-state index contributed by atoms with van der Waals surface area (Å²) in [5.41, 5.74) is 0.492. The zero-order valence-electron chi connectivity index (χ0n) is 43.6. The van der Waals surface area contributed by atoms with Crippen molar-refractivity contribution in [1.82, 2.24) is 0 Å². The fraction of sp³-hybridized carbons (Fsp3) is 0.881. The molecule has 0 saturated carbocycles. The molecule has 5 nitrogen and oxygen atoms in total. The van der Waals surface area contributed by atoms with Crippen LogP contribution in [0.4, 0.5) is 0 Å². The fourth-order valence-electron chi connectivity index (χ4n) is 8.87. The van der Waals surface area contributed by atoms with Crippen molar-refractivity contribution in [2.75, 3.05) is 26.4 Å². The minimum absolute atomic E-state index is 0.311. The maximum atomic E-state index is 13.3. The second-order valence-electron chi connectivity index (χ2n) is 19.6. The average molecular weight is 900 g/mol. The van der Waals surface area contributed by atoms with E-state index in [4.69, 9.17) is 18.9 Å². The second-order valence-corrected chi connectivity index (χ2v) is 19.6. The van der Waals surface area contributed by atoms with Crippen LogP contribution in [0.25, 0.3) is 0 Å². The number of carbonyl (C=O) groups is 1. The van der Waals surface area contributed by atoms with Crippen LogP contribution in [-0.2, 0) is 4.74 Å². The van der Waals surface area contributed by atoms with E-state index < -0.39 is 0 Å². The van der Waals surface area contributed by atoms with E-state index in [0.29, 0.717) is 49.2 Å². The van der Waals surface area contributed by atoms with Gasteiger partial charge in [-0.05, 0) is 37.8 Å². The number of unbranched alkanes of at least 4 members (excludes halogenated alkanes) is 40. The van der Waals surface area contributed by atoms with Crippen molar-refractivity contribution >= 4 is 5.97 Å². The van der Waals surface area contributed by atoms with Gasteiger partial charge in [-0.2, -0.15) is 0 Å². The molecule has 1 rings (SSSR count). The summed E-state index contributed by atoms with van der Waals surface area (Å²) >= 11 is 0. The molecule has 0 atom stereocenters. The van der Waals surface area contributed by atoms with Crippen LogP contribution in [0.2, 0.25) is 0 Å². The molecule has 0 aliphatic heterocycles. The van der Waals surface area contributed by atoms with Gasteiger partial charge >= 0.3 is 5.97 Å². The first kappa shape index (κ1) is 60.1. The van der Waals surface area contributed by atoms with Crippen molar-refractivity contribution in [2.24, 2.45) is 0 Å². The Morgan fingerprint density at radius 1 is 0.297 bits per heavy atom. The van der Waals surface area contributed by atoms with Gasteiger partial charge in [-0.3, -0.25) is 0 Å². The Kier molecular flexibility index (Phi) is 46.0. The number of esters is 1. The van der Waals surface area contributed by atoms with Gasteiger partial charge in [0.1, 0.15) is 0 Å².